The average molecular weight is 500 g/mol. The fraction of sp³-hybridized carbons (Fsp3) is 0.0833. The summed E-state index contributed by atoms with van der Waals surface area (Å²) in [5, 5.41) is 3.24. The third kappa shape index (κ3) is 5.81. The number of nitrogens with one attached hydrogen (secondary N) is 2. The van der Waals surface area contributed by atoms with Gasteiger partial charge < -0.3 is 9.73 Å². The fourth-order valence-corrected chi connectivity index (χ4v) is 4.42. The van der Waals surface area contributed by atoms with Gasteiger partial charge in [0.15, 0.2) is 11.7 Å². The van der Waals surface area contributed by atoms with Crippen molar-refractivity contribution in [2.24, 2.45) is 0 Å². The van der Waals surface area contributed by atoms with Crippen LogP contribution in [0.1, 0.15) is 12.3 Å². The van der Waals surface area contributed by atoms with Crippen LogP contribution in [0.15, 0.2) is 88.3 Å². The van der Waals surface area contributed by atoms with E-state index in [1.54, 1.807) is 12.3 Å². The summed E-state index contributed by atoms with van der Waals surface area (Å²) in [7, 11) is -3.90. The third-order valence-corrected chi connectivity index (χ3v) is 6.51. The van der Waals surface area contributed by atoms with Gasteiger partial charge in [0.2, 0.25) is 5.91 Å². The molecule has 0 saturated heterocycles. The summed E-state index contributed by atoms with van der Waals surface area (Å²) in [5.74, 6) is 0.0775. The number of anilines is 2. The molecule has 4 aromatic rings. The predicted octanol–water partition coefficient (Wildman–Crippen LogP) is 5.51. The molecule has 0 spiro atoms. The van der Waals surface area contributed by atoms with Crippen molar-refractivity contribution in [1.82, 2.24) is 4.98 Å². The maximum atomic E-state index is 13.3. The molecule has 0 unspecified atom stereocenters. The smallest absolute Gasteiger partial charge is 0.261 e. The van der Waals surface area contributed by atoms with E-state index >= 15 is 0 Å². The molecule has 0 aliphatic rings. The number of rotatable bonds is 8. The highest BCUT2D eigenvalue weighted by Crippen LogP contribution is 2.28. The van der Waals surface area contributed by atoms with Crippen LogP contribution >= 0.6 is 11.6 Å². The molecule has 34 heavy (non-hydrogen) atoms. The zero-order valence-electron chi connectivity index (χ0n) is 17.7. The first kappa shape index (κ1) is 23.5. The Balaban J connectivity index is 1.33. The van der Waals surface area contributed by atoms with Gasteiger partial charge in [-0.1, -0.05) is 29.8 Å². The molecule has 1 heterocycles. The molecule has 0 aliphatic carbocycles. The van der Waals surface area contributed by atoms with Crippen LogP contribution in [0.4, 0.5) is 15.8 Å². The molecule has 0 aliphatic heterocycles. The van der Waals surface area contributed by atoms with Gasteiger partial charge in [0, 0.05) is 24.1 Å². The topological polar surface area (TPSA) is 101 Å². The van der Waals surface area contributed by atoms with Crippen molar-refractivity contribution in [3.05, 3.63) is 95.7 Å². The number of hydrogen-bond acceptors (Lipinski definition) is 5. The number of aryl methyl sites for hydroxylation is 1. The Morgan fingerprint density at radius 1 is 1.00 bits per heavy atom. The summed E-state index contributed by atoms with van der Waals surface area (Å²) in [6, 6.07) is 18.0. The first-order valence-electron chi connectivity index (χ1n) is 10.2. The molecular weight excluding hydrogens is 481 g/mol. The van der Waals surface area contributed by atoms with E-state index in [0.717, 1.165) is 6.07 Å². The van der Waals surface area contributed by atoms with Crippen molar-refractivity contribution in [3.8, 4) is 11.3 Å². The van der Waals surface area contributed by atoms with Crippen molar-refractivity contribution in [3.63, 3.8) is 0 Å². The van der Waals surface area contributed by atoms with Crippen LogP contribution in [0.3, 0.4) is 0 Å². The lowest BCUT2D eigenvalue weighted by molar-refractivity contribution is -0.116. The number of carbonyl (C=O) groups excluding carboxylic acids is 1. The van der Waals surface area contributed by atoms with Crippen LogP contribution < -0.4 is 10.0 Å². The Morgan fingerprint density at radius 2 is 1.76 bits per heavy atom. The highest BCUT2D eigenvalue weighted by molar-refractivity contribution is 7.92. The highest BCUT2D eigenvalue weighted by atomic mass is 35.5. The number of benzene rings is 3. The normalized spacial score (nSPS) is 11.2. The summed E-state index contributed by atoms with van der Waals surface area (Å²) in [6.45, 7) is 0. The molecule has 0 bridgehead atoms. The maximum Gasteiger partial charge on any atom is 0.261 e. The SMILES string of the molecule is O=C(CCc1ncc(-c2ccccc2Cl)o1)Nc1ccc(S(=O)(=O)Nc2cccc(F)c2)cc1. The van der Waals surface area contributed by atoms with Crippen LogP contribution in [-0.4, -0.2) is 19.3 Å². The van der Waals surface area contributed by atoms with E-state index in [-0.39, 0.29) is 29.3 Å². The first-order chi connectivity index (χ1) is 16.3. The monoisotopic (exact) mass is 499 g/mol. The van der Waals surface area contributed by atoms with E-state index in [2.05, 4.69) is 15.0 Å². The van der Waals surface area contributed by atoms with Gasteiger partial charge in [0.05, 0.1) is 21.8 Å². The van der Waals surface area contributed by atoms with Gasteiger partial charge in [0.1, 0.15) is 5.82 Å². The molecular formula is C24H19ClFN3O4S. The van der Waals surface area contributed by atoms with Crippen LogP contribution in [0.25, 0.3) is 11.3 Å². The van der Waals surface area contributed by atoms with Crippen molar-refractivity contribution >= 4 is 38.9 Å². The molecule has 1 aromatic heterocycles. The minimum absolute atomic E-state index is 0.0263. The molecule has 174 valence electrons. The number of aromatic nitrogens is 1. The number of nitrogens with zero attached hydrogens (tertiary/aromatic N) is 1. The van der Waals surface area contributed by atoms with Crippen molar-refractivity contribution in [2.45, 2.75) is 17.7 Å². The Kier molecular flexibility index (Phi) is 6.95. The summed E-state index contributed by atoms with van der Waals surface area (Å²) < 4.78 is 46.3. The number of sulfonamides is 1. The van der Waals surface area contributed by atoms with E-state index < -0.39 is 15.8 Å². The van der Waals surface area contributed by atoms with Crippen LogP contribution in [0.5, 0.6) is 0 Å². The summed E-state index contributed by atoms with van der Waals surface area (Å²) >= 11 is 6.16. The fourth-order valence-electron chi connectivity index (χ4n) is 3.14. The highest BCUT2D eigenvalue weighted by Gasteiger charge is 2.15. The lowest BCUT2D eigenvalue weighted by Gasteiger charge is -2.09. The predicted molar refractivity (Wildman–Crippen MR) is 128 cm³/mol. The zero-order chi connectivity index (χ0) is 24.1. The minimum Gasteiger partial charge on any atom is -0.441 e. The van der Waals surface area contributed by atoms with E-state index in [1.807, 2.05) is 18.2 Å². The Bertz CT molecular complexity index is 1420. The molecule has 1 amide bonds. The largest absolute Gasteiger partial charge is 0.441 e. The molecule has 3 aromatic carbocycles. The van der Waals surface area contributed by atoms with Crippen LogP contribution in [0.2, 0.25) is 5.02 Å². The molecule has 0 atom stereocenters. The number of halogens is 2. The standard InChI is InChI=1S/C24H19ClFN3O4S/c25-21-7-2-1-6-20(21)22-15-27-24(33-22)13-12-23(30)28-17-8-10-19(11-9-17)34(31,32)29-18-5-3-4-16(26)14-18/h1-11,14-15,29H,12-13H2,(H,28,30). The quantitative estimate of drug-likeness (QED) is 0.333. The maximum absolute atomic E-state index is 13.3. The van der Waals surface area contributed by atoms with Crippen molar-refractivity contribution < 1.29 is 22.0 Å². The molecule has 0 fully saturated rings. The number of carbonyl (C=O) groups is 1. The summed E-state index contributed by atoms with van der Waals surface area (Å²) in [5.41, 5.74) is 1.26. The Morgan fingerprint density at radius 3 is 2.50 bits per heavy atom. The number of amides is 1. The van der Waals surface area contributed by atoms with Gasteiger partial charge in [0.25, 0.3) is 10.0 Å². The van der Waals surface area contributed by atoms with Gasteiger partial charge in [-0.2, -0.15) is 0 Å². The van der Waals surface area contributed by atoms with E-state index in [9.17, 15) is 17.6 Å². The second-order valence-corrected chi connectivity index (χ2v) is 9.38. The molecule has 2 N–H and O–H groups in total. The lowest BCUT2D eigenvalue weighted by atomic mass is 10.2. The van der Waals surface area contributed by atoms with E-state index in [4.69, 9.17) is 16.0 Å². The van der Waals surface area contributed by atoms with Crippen molar-refractivity contribution in [2.75, 3.05) is 10.0 Å². The van der Waals surface area contributed by atoms with E-state index in [0.29, 0.717) is 27.9 Å². The molecule has 0 saturated carbocycles. The molecule has 10 heteroatoms. The number of hydrogen-bond donors (Lipinski definition) is 2. The van der Waals surface area contributed by atoms with Gasteiger partial charge in [-0.3, -0.25) is 9.52 Å². The van der Waals surface area contributed by atoms with Gasteiger partial charge in [-0.15, -0.1) is 0 Å². The number of oxazole rings is 1. The van der Waals surface area contributed by atoms with Crippen LogP contribution in [-0.2, 0) is 21.2 Å². The Labute approximate surface area is 200 Å². The summed E-state index contributed by atoms with van der Waals surface area (Å²) in [4.78, 5) is 16.5. The first-order valence-corrected chi connectivity index (χ1v) is 12.0. The summed E-state index contributed by atoms with van der Waals surface area (Å²) in [6.07, 6.45) is 1.95. The van der Waals surface area contributed by atoms with E-state index in [1.165, 1.54) is 42.5 Å². The van der Waals surface area contributed by atoms with Crippen molar-refractivity contribution in [1.29, 1.82) is 0 Å². The lowest BCUT2D eigenvalue weighted by Crippen LogP contribution is -2.14. The van der Waals surface area contributed by atoms with Gasteiger partial charge in [-0.25, -0.2) is 17.8 Å². The second-order valence-electron chi connectivity index (χ2n) is 7.29. The average Bonchev–Trinajstić information content (AvgIpc) is 3.27. The van der Waals surface area contributed by atoms with Gasteiger partial charge >= 0.3 is 0 Å². The zero-order valence-corrected chi connectivity index (χ0v) is 19.2. The molecule has 4 rings (SSSR count). The van der Waals surface area contributed by atoms with Crippen LogP contribution in [0, 0.1) is 5.82 Å². The molecule has 0 radical (unpaired) electrons. The van der Waals surface area contributed by atoms with Gasteiger partial charge in [-0.05, 0) is 54.6 Å². The third-order valence-electron chi connectivity index (χ3n) is 4.78. The minimum atomic E-state index is -3.90. The molecule has 7 nitrogen and oxygen atoms in total. The Hall–Kier alpha value is -3.69. The second kappa shape index (κ2) is 10.1.